The van der Waals surface area contributed by atoms with Crippen LogP contribution in [0.5, 0.6) is 17.2 Å². The van der Waals surface area contributed by atoms with Crippen LogP contribution in [0.1, 0.15) is 43.5 Å². The van der Waals surface area contributed by atoms with E-state index in [0.29, 0.717) is 49.5 Å². The number of hydrogen-bond donors (Lipinski definition) is 0. The highest BCUT2D eigenvalue weighted by Crippen LogP contribution is 2.32. The van der Waals surface area contributed by atoms with E-state index in [1.807, 2.05) is 61.5 Å². The molecule has 1 atom stereocenters. The van der Waals surface area contributed by atoms with Gasteiger partial charge in [0, 0.05) is 10.6 Å². The molecule has 8 nitrogen and oxygen atoms in total. The number of rotatable bonds is 10. The molecule has 5 rings (SSSR count). The third-order valence-corrected chi connectivity index (χ3v) is 8.20. The molecule has 0 fully saturated rings. The molecule has 2 heterocycles. The predicted molar refractivity (Wildman–Crippen MR) is 167 cm³/mol. The van der Waals surface area contributed by atoms with Gasteiger partial charge >= 0.3 is 5.97 Å². The average molecular weight is 619 g/mol. The summed E-state index contributed by atoms with van der Waals surface area (Å²) in [5.74, 6) is 1.26. The van der Waals surface area contributed by atoms with E-state index in [4.69, 9.17) is 30.5 Å². The zero-order valence-corrected chi connectivity index (χ0v) is 25.8. The Bertz CT molecular complexity index is 1860. The van der Waals surface area contributed by atoms with E-state index in [1.165, 1.54) is 11.3 Å². The van der Waals surface area contributed by atoms with E-state index < -0.39 is 12.0 Å². The van der Waals surface area contributed by atoms with Crippen LogP contribution in [0.4, 0.5) is 0 Å². The molecule has 0 radical (unpaired) electrons. The molecule has 1 aliphatic rings. The Balaban J connectivity index is 1.54. The summed E-state index contributed by atoms with van der Waals surface area (Å²) in [5, 5.41) is 0.623. The van der Waals surface area contributed by atoms with Crippen molar-refractivity contribution in [3.05, 3.63) is 119 Å². The smallest absolute Gasteiger partial charge is 0.338 e. The fourth-order valence-corrected chi connectivity index (χ4v) is 6.07. The first-order chi connectivity index (χ1) is 20.8. The Hall–Kier alpha value is -4.34. The van der Waals surface area contributed by atoms with Gasteiger partial charge in [-0.3, -0.25) is 9.36 Å². The normalized spacial score (nSPS) is 14.6. The fourth-order valence-electron chi connectivity index (χ4n) is 4.84. The molecule has 1 aromatic heterocycles. The van der Waals surface area contributed by atoms with Crippen molar-refractivity contribution in [3.8, 4) is 17.2 Å². The quantitative estimate of drug-likeness (QED) is 0.220. The predicted octanol–water partition coefficient (Wildman–Crippen LogP) is 5.44. The molecular formula is C33H31ClN2O6S. The van der Waals surface area contributed by atoms with Gasteiger partial charge in [-0.05, 0) is 68.3 Å². The van der Waals surface area contributed by atoms with Crippen LogP contribution in [0.3, 0.4) is 0 Å². The molecule has 0 unspecified atom stereocenters. The number of methoxy groups -OCH3 is 1. The highest BCUT2D eigenvalue weighted by atomic mass is 35.5. The molecule has 0 saturated heterocycles. The van der Waals surface area contributed by atoms with Gasteiger partial charge in [-0.25, -0.2) is 9.79 Å². The Morgan fingerprint density at radius 1 is 1.02 bits per heavy atom. The number of nitrogens with zero attached hydrogens (tertiary/aromatic N) is 2. The molecule has 3 aromatic carbocycles. The molecule has 0 amide bonds. The van der Waals surface area contributed by atoms with Gasteiger partial charge in [0.25, 0.3) is 5.56 Å². The number of allylic oxidation sites excluding steroid dienone is 1. The lowest BCUT2D eigenvalue weighted by Gasteiger charge is -2.24. The number of ether oxygens (including phenoxy) is 4. The Kier molecular flexibility index (Phi) is 9.33. The third-order valence-electron chi connectivity index (χ3n) is 6.85. The molecular weight excluding hydrogens is 588 g/mol. The minimum Gasteiger partial charge on any atom is -0.494 e. The van der Waals surface area contributed by atoms with E-state index in [2.05, 4.69) is 4.99 Å². The van der Waals surface area contributed by atoms with Gasteiger partial charge in [-0.1, -0.05) is 59.3 Å². The molecule has 0 bridgehead atoms. The SMILES string of the molecule is CCOC(=O)C1=C(C)N=c2s/c(=C\c3ccc(OCc4ccccc4Cl)c(OC)c3)c(=O)n2[C@@H]1c1ccc(OCC)cc1. The zero-order valence-electron chi connectivity index (χ0n) is 24.3. The number of aromatic nitrogens is 1. The van der Waals surface area contributed by atoms with Crippen LogP contribution in [0.15, 0.2) is 87.8 Å². The maximum absolute atomic E-state index is 13.9. The fraction of sp³-hybridized carbons (Fsp3) is 0.242. The molecule has 4 aromatic rings. The van der Waals surface area contributed by atoms with E-state index in [9.17, 15) is 9.59 Å². The number of benzene rings is 3. The molecule has 10 heteroatoms. The van der Waals surface area contributed by atoms with Gasteiger partial charge < -0.3 is 18.9 Å². The van der Waals surface area contributed by atoms with Crippen molar-refractivity contribution in [2.45, 2.75) is 33.4 Å². The number of halogens is 1. The van der Waals surface area contributed by atoms with E-state index >= 15 is 0 Å². The first kappa shape index (κ1) is 30.1. The van der Waals surface area contributed by atoms with Gasteiger partial charge in [-0.15, -0.1) is 0 Å². The van der Waals surface area contributed by atoms with Crippen molar-refractivity contribution >= 4 is 35.0 Å². The molecule has 222 valence electrons. The summed E-state index contributed by atoms with van der Waals surface area (Å²) in [6, 6.07) is 19.6. The van der Waals surface area contributed by atoms with Gasteiger partial charge in [0.2, 0.25) is 0 Å². The van der Waals surface area contributed by atoms with Crippen molar-refractivity contribution < 1.29 is 23.7 Å². The topological polar surface area (TPSA) is 88.4 Å². The standard InChI is InChI=1S/C33H31ClN2O6S/c1-5-40-24-14-12-22(13-15-24)30-29(32(38)41-6-2)20(3)35-33-36(30)31(37)28(43-33)18-21-11-16-26(27(17-21)39-4)42-19-23-9-7-8-10-25(23)34/h7-18,30H,5-6,19H2,1-4H3/b28-18-/t30-/m1/s1. The van der Waals surface area contributed by atoms with Gasteiger partial charge in [0.05, 0.1) is 42.2 Å². The van der Waals surface area contributed by atoms with Crippen LogP contribution in [0.2, 0.25) is 5.02 Å². The molecule has 1 aliphatic heterocycles. The summed E-state index contributed by atoms with van der Waals surface area (Å²) in [7, 11) is 1.56. The second-order valence-corrected chi connectivity index (χ2v) is 11.0. The Morgan fingerprint density at radius 2 is 1.79 bits per heavy atom. The average Bonchev–Trinajstić information content (AvgIpc) is 3.30. The Morgan fingerprint density at radius 3 is 2.49 bits per heavy atom. The van der Waals surface area contributed by atoms with Crippen molar-refractivity contribution in [2.24, 2.45) is 4.99 Å². The minimum absolute atomic E-state index is 0.204. The van der Waals surface area contributed by atoms with Gasteiger partial charge in [0.15, 0.2) is 16.3 Å². The second-order valence-electron chi connectivity index (χ2n) is 9.59. The number of carbonyl (C=O) groups excluding carboxylic acids is 1. The lowest BCUT2D eigenvalue weighted by molar-refractivity contribution is -0.139. The van der Waals surface area contributed by atoms with E-state index in [1.54, 1.807) is 43.7 Å². The molecule has 0 N–H and O–H groups in total. The van der Waals surface area contributed by atoms with Crippen molar-refractivity contribution in [3.63, 3.8) is 0 Å². The summed E-state index contributed by atoms with van der Waals surface area (Å²) in [5.41, 5.74) is 2.91. The summed E-state index contributed by atoms with van der Waals surface area (Å²) in [6.45, 7) is 6.43. The molecule has 0 aliphatic carbocycles. The van der Waals surface area contributed by atoms with Crippen LogP contribution in [0.25, 0.3) is 6.08 Å². The second kappa shape index (κ2) is 13.3. The monoisotopic (exact) mass is 618 g/mol. The molecule has 0 spiro atoms. The molecule has 43 heavy (non-hydrogen) atoms. The molecule has 0 saturated carbocycles. The van der Waals surface area contributed by atoms with Crippen LogP contribution in [-0.4, -0.2) is 30.9 Å². The third kappa shape index (κ3) is 6.38. The van der Waals surface area contributed by atoms with Crippen molar-refractivity contribution in [1.29, 1.82) is 0 Å². The maximum Gasteiger partial charge on any atom is 0.338 e. The van der Waals surface area contributed by atoms with Crippen LogP contribution < -0.4 is 29.1 Å². The van der Waals surface area contributed by atoms with Crippen molar-refractivity contribution in [2.75, 3.05) is 20.3 Å². The summed E-state index contributed by atoms with van der Waals surface area (Å²) < 4.78 is 24.6. The number of hydrogen-bond acceptors (Lipinski definition) is 8. The highest BCUT2D eigenvalue weighted by Gasteiger charge is 2.33. The van der Waals surface area contributed by atoms with E-state index in [0.717, 1.165) is 16.7 Å². The van der Waals surface area contributed by atoms with Crippen molar-refractivity contribution in [1.82, 2.24) is 4.57 Å². The largest absolute Gasteiger partial charge is 0.494 e. The maximum atomic E-state index is 13.9. The summed E-state index contributed by atoms with van der Waals surface area (Å²) in [6.07, 6.45) is 1.78. The van der Waals surface area contributed by atoms with Crippen LogP contribution in [0, 0.1) is 0 Å². The van der Waals surface area contributed by atoms with Gasteiger partial charge in [-0.2, -0.15) is 0 Å². The lowest BCUT2D eigenvalue weighted by Crippen LogP contribution is -2.39. The number of esters is 1. The van der Waals surface area contributed by atoms with Crippen LogP contribution in [-0.2, 0) is 16.1 Å². The first-order valence-corrected chi connectivity index (χ1v) is 15.0. The van der Waals surface area contributed by atoms with E-state index in [-0.39, 0.29) is 18.8 Å². The number of carbonyl (C=O) groups is 1. The minimum atomic E-state index is -0.705. The zero-order chi connectivity index (χ0) is 30.5. The van der Waals surface area contributed by atoms with Crippen LogP contribution >= 0.6 is 22.9 Å². The highest BCUT2D eigenvalue weighted by molar-refractivity contribution is 7.07. The van der Waals surface area contributed by atoms with Gasteiger partial charge in [0.1, 0.15) is 12.4 Å². The Labute approximate surface area is 258 Å². The number of fused-ring (bicyclic) bond motifs is 1. The summed E-state index contributed by atoms with van der Waals surface area (Å²) in [4.78, 5) is 32.2. The first-order valence-electron chi connectivity index (χ1n) is 13.8. The lowest BCUT2D eigenvalue weighted by atomic mass is 9.96. The number of thiazole rings is 1. The summed E-state index contributed by atoms with van der Waals surface area (Å²) >= 11 is 7.52.